The van der Waals surface area contributed by atoms with Crippen LogP contribution in [-0.4, -0.2) is 37.6 Å². The van der Waals surface area contributed by atoms with Crippen molar-refractivity contribution in [3.63, 3.8) is 0 Å². The molecule has 1 atom stereocenters. The van der Waals surface area contributed by atoms with Crippen LogP contribution in [0.4, 0.5) is 0 Å². The highest BCUT2D eigenvalue weighted by molar-refractivity contribution is 4.69. The number of nitrogens with one attached hydrogen (secondary N) is 1. The van der Waals surface area contributed by atoms with Gasteiger partial charge in [0.2, 0.25) is 0 Å². The number of hydrogen-bond acceptors (Lipinski definition) is 2. The molecule has 54 valence electrons. The van der Waals surface area contributed by atoms with Gasteiger partial charge in [0.05, 0.1) is 0 Å². The van der Waals surface area contributed by atoms with E-state index in [1.165, 1.54) is 19.5 Å². The quantitative estimate of drug-likeness (QED) is 0.505. The molecule has 2 nitrogen and oxygen atoms in total. The zero-order valence-corrected chi connectivity index (χ0v) is 6.35. The molecule has 1 N–H and O–H groups in total. The highest BCUT2D eigenvalue weighted by atomic mass is 15.2. The van der Waals surface area contributed by atoms with Gasteiger partial charge in [0, 0.05) is 19.1 Å². The second-order valence-corrected chi connectivity index (χ2v) is 2.87. The summed E-state index contributed by atoms with van der Waals surface area (Å²) in [5.41, 5.74) is 0. The van der Waals surface area contributed by atoms with Gasteiger partial charge in [0.1, 0.15) is 0 Å². The normalized spacial score (nSPS) is 32.0. The summed E-state index contributed by atoms with van der Waals surface area (Å²) >= 11 is 0. The first-order valence-corrected chi connectivity index (χ1v) is 3.71. The summed E-state index contributed by atoms with van der Waals surface area (Å²) in [4.78, 5) is 2.40. The van der Waals surface area contributed by atoms with E-state index in [-0.39, 0.29) is 0 Å². The molecule has 0 bridgehead atoms. The molecule has 0 spiro atoms. The largest absolute Gasteiger partial charge is 0.315 e. The van der Waals surface area contributed by atoms with E-state index in [4.69, 9.17) is 0 Å². The minimum atomic E-state index is 0.764. The van der Waals surface area contributed by atoms with Crippen molar-refractivity contribution in [2.75, 3.05) is 26.7 Å². The van der Waals surface area contributed by atoms with E-state index in [9.17, 15) is 0 Å². The van der Waals surface area contributed by atoms with Crippen molar-refractivity contribution < 1.29 is 0 Å². The maximum atomic E-state index is 3.37. The van der Waals surface area contributed by atoms with Gasteiger partial charge >= 0.3 is 0 Å². The molecule has 1 rings (SSSR count). The van der Waals surface area contributed by atoms with Gasteiger partial charge in [-0.25, -0.2) is 0 Å². The van der Waals surface area contributed by atoms with Crippen molar-refractivity contribution in [1.82, 2.24) is 10.2 Å². The molecule has 0 unspecified atom stereocenters. The predicted octanol–water partition coefficient (Wildman–Crippen LogP) is 0.300. The predicted molar refractivity (Wildman–Crippen MR) is 39.6 cm³/mol. The Morgan fingerprint density at radius 1 is 1.44 bits per heavy atom. The maximum Gasteiger partial charge on any atom is 0.0107 e. The molecule has 0 radical (unpaired) electrons. The molecular weight excluding hydrogens is 112 g/mol. The summed E-state index contributed by atoms with van der Waals surface area (Å²) in [6.07, 6.45) is 1.29. The second-order valence-electron chi connectivity index (χ2n) is 2.87. The van der Waals surface area contributed by atoms with Crippen LogP contribution >= 0.6 is 0 Å². The van der Waals surface area contributed by atoms with Crippen LogP contribution in [0.1, 0.15) is 13.3 Å². The first-order chi connectivity index (χ1) is 4.30. The summed E-state index contributed by atoms with van der Waals surface area (Å²) in [5.74, 6) is 0. The van der Waals surface area contributed by atoms with E-state index in [2.05, 4.69) is 24.2 Å². The molecule has 2 heteroatoms. The minimum absolute atomic E-state index is 0.764. The Morgan fingerprint density at radius 3 is 3.00 bits per heavy atom. The lowest BCUT2D eigenvalue weighted by Crippen LogP contribution is -2.29. The van der Waals surface area contributed by atoms with Crippen molar-refractivity contribution in [3.8, 4) is 0 Å². The Kier molecular flexibility index (Phi) is 2.49. The molecule has 0 amide bonds. The number of rotatable bonds is 0. The van der Waals surface area contributed by atoms with Gasteiger partial charge in [0.25, 0.3) is 0 Å². The van der Waals surface area contributed by atoms with Gasteiger partial charge in [0.15, 0.2) is 0 Å². The molecule has 0 aromatic rings. The summed E-state index contributed by atoms with van der Waals surface area (Å²) in [7, 11) is 2.19. The summed E-state index contributed by atoms with van der Waals surface area (Å²) in [6.45, 7) is 5.82. The van der Waals surface area contributed by atoms with Crippen LogP contribution in [0.15, 0.2) is 0 Å². The van der Waals surface area contributed by atoms with Crippen molar-refractivity contribution in [1.29, 1.82) is 0 Å². The van der Waals surface area contributed by atoms with E-state index < -0.39 is 0 Å². The smallest absolute Gasteiger partial charge is 0.0107 e. The van der Waals surface area contributed by atoms with Crippen LogP contribution in [0.5, 0.6) is 0 Å². The molecule has 1 saturated heterocycles. The van der Waals surface area contributed by atoms with E-state index in [1.54, 1.807) is 0 Å². The average molecular weight is 128 g/mol. The molecule has 0 saturated carbocycles. The monoisotopic (exact) mass is 128 g/mol. The van der Waals surface area contributed by atoms with E-state index in [0.717, 1.165) is 12.6 Å². The fourth-order valence-electron chi connectivity index (χ4n) is 1.13. The lowest BCUT2D eigenvalue weighted by Gasteiger charge is -2.20. The fraction of sp³-hybridized carbons (Fsp3) is 1.00. The van der Waals surface area contributed by atoms with E-state index >= 15 is 0 Å². The Balaban J connectivity index is 2.32. The van der Waals surface area contributed by atoms with Crippen molar-refractivity contribution in [3.05, 3.63) is 0 Å². The highest BCUT2D eigenvalue weighted by Crippen LogP contribution is 2.01. The molecule has 1 aliphatic heterocycles. The maximum absolute atomic E-state index is 3.37. The first kappa shape index (κ1) is 7.03. The third kappa shape index (κ3) is 1.95. The van der Waals surface area contributed by atoms with Crippen LogP contribution in [-0.2, 0) is 0 Å². The van der Waals surface area contributed by atoms with Gasteiger partial charge in [-0.3, -0.25) is 0 Å². The lowest BCUT2D eigenvalue weighted by molar-refractivity contribution is 0.272. The Morgan fingerprint density at radius 2 is 2.22 bits per heavy atom. The molecule has 1 heterocycles. The van der Waals surface area contributed by atoms with Crippen LogP contribution in [0, 0.1) is 0 Å². The van der Waals surface area contributed by atoms with Gasteiger partial charge in [-0.15, -0.1) is 0 Å². The molecule has 0 aromatic heterocycles. The molecule has 0 aromatic carbocycles. The van der Waals surface area contributed by atoms with Crippen molar-refractivity contribution in [2.24, 2.45) is 0 Å². The molecule has 9 heavy (non-hydrogen) atoms. The Labute approximate surface area is 57.2 Å². The zero-order chi connectivity index (χ0) is 6.69. The second kappa shape index (κ2) is 3.18. The highest BCUT2D eigenvalue weighted by Gasteiger charge is 2.10. The lowest BCUT2D eigenvalue weighted by atomic mass is 10.2. The van der Waals surface area contributed by atoms with Crippen molar-refractivity contribution >= 4 is 0 Å². The van der Waals surface area contributed by atoms with Crippen LogP contribution in [0.3, 0.4) is 0 Å². The van der Waals surface area contributed by atoms with Crippen molar-refractivity contribution in [2.45, 2.75) is 19.4 Å². The zero-order valence-electron chi connectivity index (χ0n) is 6.35. The Bertz CT molecular complexity index is 73.0. The van der Waals surface area contributed by atoms with Gasteiger partial charge in [-0.1, -0.05) is 0 Å². The molecule has 1 aliphatic rings. The average Bonchev–Trinajstić information content (AvgIpc) is 1.99. The summed E-state index contributed by atoms with van der Waals surface area (Å²) in [6, 6.07) is 0.764. The SMILES string of the molecule is C[C@H]1CCNCCN1C. The van der Waals surface area contributed by atoms with Gasteiger partial charge < -0.3 is 10.2 Å². The molecule has 1 fully saturated rings. The number of likely N-dealkylation sites (N-methyl/N-ethyl adjacent to an activating group) is 1. The van der Waals surface area contributed by atoms with Gasteiger partial charge in [-0.05, 0) is 26.9 Å². The molecular formula is C7H16N2. The Hall–Kier alpha value is -0.0800. The standard InChI is InChI=1S/C7H16N2/c1-7-3-4-8-5-6-9(7)2/h7-8H,3-6H2,1-2H3/t7-/m0/s1. The fourth-order valence-corrected chi connectivity index (χ4v) is 1.13. The topological polar surface area (TPSA) is 15.3 Å². The third-order valence-electron chi connectivity index (χ3n) is 2.13. The summed E-state index contributed by atoms with van der Waals surface area (Å²) in [5, 5.41) is 3.37. The van der Waals surface area contributed by atoms with E-state index in [1.807, 2.05) is 0 Å². The molecule has 0 aliphatic carbocycles. The number of hydrogen-bond donors (Lipinski definition) is 1. The van der Waals surface area contributed by atoms with Crippen LogP contribution in [0.25, 0.3) is 0 Å². The minimum Gasteiger partial charge on any atom is -0.315 e. The van der Waals surface area contributed by atoms with Crippen LogP contribution < -0.4 is 5.32 Å². The van der Waals surface area contributed by atoms with Crippen LogP contribution in [0.2, 0.25) is 0 Å². The van der Waals surface area contributed by atoms with E-state index in [0.29, 0.717) is 0 Å². The number of nitrogens with zero attached hydrogens (tertiary/aromatic N) is 1. The summed E-state index contributed by atoms with van der Waals surface area (Å²) < 4.78 is 0. The third-order valence-corrected chi connectivity index (χ3v) is 2.13. The van der Waals surface area contributed by atoms with Gasteiger partial charge in [-0.2, -0.15) is 0 Å². The first-order valence-electron chi connectivity index (χ1n) is 3.71.